The van der Waals surface area contributed by atoms with Gasteiger partial charge in [-0.05, 0) is 43.2 Å². The van der Waals surface area contributed by atoms with Crippen molar-refractivity contribution in [3.05, 3.63) is 41.5 Å². The first kappa shape index (κ1) is 14.4. The van der Waals surface area contributed by atoms with Crippen molar-refractivity contribution in [3.63, 3.8) is 0 Å². The highest BCUT2D eigenvalue weighted by atomic mass is 32.3. The molecule has 1 atom stereocenters. The van der Waals surface area contributed by atoms with Gasteiger partial charge >= 0.3 is 0 Å². The molecule has 0 aliphatic carbocycles. The van der Waals surface area contributed by atoms with Crippen LogP contribution in [0.5, 0.6) is 0 Å². The number of hydrogen-bond donors (Lipinski definition) is 1. The number of aryl methyl sites for hydroxylation is 2. The van der Waals surface area contributed by atoms with Crippen molar-refractivity contribution in [3.8, 4) is 0 Å². The Morgan fingerprint density at radius 2 is 1.84 bits per heavy atom. The average Bonchev–Trinajstić information content (AvgIpc) is 2.80. The molecule has 7 heteroatoms. The van der Waals surface area contributed by atoms with Crippen LogP contribution in [0.25, 0.3) is 0 Å². The molecule has 2 aromatic rings. The lowest BCUT2D eigenvalue weighted by Crippen LogP contribution is -2.09. The van der Waals surface area contributed by atoms with Crippen LogP contribution in [0.3, 0.4) is 0 Å². The highest BCUT2D eigenvalue weighted by Crippen LogP contribution is 2.28. The Hall–Kier alpha value is -1.02. The van der Waals surface area contributed by atoms with Crippen molar-refractivity contribution < 1.29 is 12.6 Å². The fourth-order valence-electron chi connectivity index (χ4n) is 1.57. The van der Waals surface area contributed by atoms with Crippen LogP contribution in [-0.4, -0.2) is 12.6 Å². The van der Waals surface area contributed by atoms with E-state index in [-0.39, 0.29) is 4.21 Å². The maximum absolute atomic E-state index is 12.4. The van der Waals surface area contributed by atoms with Crippen molar-refractivity contribution in [1.29, 1.82) is 0 Å². The molecule has 1 aromatic heterocycles. The number of nitrogens with two attached hydrogens (primary N) is 1. The molecule has 102 valence electrons. The van der Waals surface area contributed by atoms with Gasteiger partial charge in [-0.25, -0.2) is 17.8 Å². The zero-order valence-corrected chi connectivity index (χ0v) is 12.9. The van der Waals surface area contributed by atoms with E-state index in [0.29, 0.717) is 9.10 Å². The van der Waals surface area contributed by atoms with Crippen molar-refractivity contribution in [2.24, 2.45) is 5.14 Å². The van der Waals surface area contributed by atoms with Crippen LogP contribution < -0.4 is 5.14 Å². The van der Waals surface area contributed by atoms with Gasteiger partial charge in [-0.2, -0.15) is 0 Å². The maximum atomic E-state index is 12.4. The second-order valence-electron chi connectivity index (χ2n) is 4.16. The highest BCUT2D eigenvalue weighted by molar-refractivity contribution is 7.92. The van der Waals surface area contributed by atoms with Crippen LogP contribution in [0.1, 0.15) is 11.1 Å². The lowest BCUT2D eigenvalue weighted by Gasteiger charge is -2.05. The molecular formula is C12H13NO3S3. The number of primary sulfonamides is 1. The van der Waals surface area contributed by atoms with Crippen molar-refractivity contribution in [1.82, 2.24) is 0 Å². The molecule has 1 heterocycles. The fourth-order valence-corrected chi connectivity index (χ4v) is 5.09. The summed E-state index contributed by atoms with van der Waals surface area (Å²) in [5.41, 5.74) is 1.92. The number of benzene rings is 1. The van der Waals surface area contributed by atoms with Crippen LogP contribution >= 0.6 is 11.3 Å². The summed E-state index contributed by atoms with van der Waals surface area (Å²) in [7, 11) is -5.12. The quantitative estimate of drug-likeness (QED) is 0.943. The third kappa shape index (κ3) is 3.11. The molecule has 2 rings (SSSR count). The summed E-state index contributed by atoms with van der Waals surface area (Å²) in [6, 6.07) is 8.62. The van der Waals surface area contributed by atoms with Gasteiger partial charge in [0.15, 0.2) is 0 Å². The molecule has 0 amide bonds. The first-order chi connectivity index (χ1) is 8.79. The first-order valence-electron chi connectivity index (χ1n) is 5.41. The molecule has 0 radical (unpaired) electrons. The van der Waals surface area contributed by atoms with Crippen molar-refractivity contribution in [2.45, 2.75) is 27.2 Å². The second kappa shape index (κ2) is 5.16. The Balaban J connectivity index is 2.45. The number of hydrogen-bond acceptors (Lipinski definition) is 4. The van der Waals surface area contributed by atoms with Crippen molar-refractivity contribution >= 4 is 32.2 Å². The number of sulfonamides is 1. The van der Waals surface area contributed by atoms with E-state index in [9.17, 15) is 12.6 Å². The molecule has 0 saturated heterocycles. The van der Waals surface area contributed by atoms with Gasteiger partial charge in [0.1, 0.15) is 4.21 Å². The van der Waals surface area contributed by atoms with Crippen LogP contribution in [0.2, 0.25) is 0 Å². The zero-order valence-electron chi connectivity index (χ0n) is 10.4. The van der Waals surface area contributed by atoms with Crippen LogP contribution in [0, 0.1) is 13.8 Å². The van der Waals surface area contributed by atoms with Crippen LogP contribution in [-0.2, 0) is 20.8 Å². The summed E-state index contributed by atoms with van der Waals surface area (Å²) in [4.78, 5) is 0.697. The normalized spacial score (nSPS) is 13.4. The van der Waals surface area contributed by atoms with E-state index in [1.54, 1.807) is 6.07 Å². The maximum Gasteiger partial charge on any atom is 0.247 e. The monoisotopic (exact) mass is 315 g/mol. The molecular weight excluding hydrogens is 302 g/mol. The van der Waals surface area contributed by atoms with Crippen LogP contribution in [0.4, 0.5) is 0 Å². The Kier molecular flexibility index (Phi) is 3.91. The molecule has 0 aliphatic heterocycles. The summed E-state index contributed by atoms with van der Waals surface area (Å²) >= 11 is 0.944. The number of rotatable bonds is 3. The minimum Gasteiger partial charge on any atom is -0.248 e. The Morgan fingerprint density at radius 3 is 2.42 bits per heavy atom. The first-order valence-corrected chi connectivity index (χ1v) is 8.92. The van der Waals surface area contributed by atoms with Crippen LogP contribution in [0.15, 0.2) is 43.6 Å². The van der Waals surface area contributed by atoms with Crippen molar-refractivity contribution in [2.75, 3.05) is 0 Å². The molecule has 2 N–H and O–H groups in total. The Labute approximate surface area is 118 Å². The average molecular weight is 315 g/mol. The molecule has 0 unspecified atom stereocenters. The van der Waals surface area contributed by atoms with E-state index < -0.39 is 20.8 Å². The lowest BCUT2D eigenvalue weighted by molar-refractivity contribution is 0.600. The summed E-state index contributed by atoms with van der Waals surface area (Å²) in [6.07, 6.45) is 0. The van der Waals surface area contributed by atoms with E-state index in [0.717, 1.165) is 22.5 Å². The van der Waals surface area contributed by atoms with Gasteiger partial charge in [0.25, 0.3) is 0 Å². The fraction of sp³-hybridized carbons (Fsp3) is 0.167. The summed E-state index contributed by atoms with van der Waals surface area (Å²) in [5, 5.41) is 5.05. The molecule has 0 spiro atoms. The Morgan fingerprint density at radius 1 is 1.16 bits per heavy atom. The highest BCUT2D eigenvalue weighted by Gasteiger charge is 2.17. The zero-order chi connectivity index (χ0) is 14.2. The smallest absolute Gasteiger partial charge is 0.247 e. The molecule has 0 saturated carbocycles. The second-order valence-corrected chi connectivity index (χ2v) is 8.70. The predicted octanol–water partition coefficient (Wildman–Crippen LogP) is 2.18. The predicted molar refractivity (Wildman–Crippen MR) is 76.3 cm³/mol. The van der Waals surface area contributed by atoms with Gasteiger partial charge in [0.05, 0.1) is 15.0 Å². The SMILES string of the molecule is Cc1ccc(C)c([S@@](=O)c2ccc(S(N)(=O)=O)s2)c1. The summed E-state index contributed by atoms with van der Waals surface area (Å²) in [5.74, 6) is 0. The van der Waals surface area contributed by atoms with Gasteiger partial charge < -0.3 is 0 Å². The minimum atomic E-state index is -3.73. The minimum absolute atomic E-state index is 0.0288. The topological polar surface area (TPSA) is 77.2 Å². The van der Waals surface area contributed by atoms with Gasteiger partial charge in [-0.3, -0.25) is 0 Å². The molecule has 4 nitrogen and oxygen atoms in total. The Bertz CT molecular complexity index is 747. The van der Waals surface area contributed by atoms with E-state index >= 15 is 0 Å². The lowest BCUT2D eigenvalue weighted by atomic mass is 10.2. The third-order valence-corrected chi connectivity index (χ3v) is 6.93. The largest absolute Gasteiger partial charge is 0.248 e. The van der Waals surface area contributed by atoms with E-state index in [4.69, 9.17) is 5.14 Å². The van der Waals surface area contributed by atoms with Gasteiger partial charge in [-0.15, -0.1) is 11.3 Å². The van der Waals surface area contributed by atoms with Gasteiger partial charge in [0.2, 0.25) is 10.0 Å². The summed E-state index contributed by atoms with van der Waals surface area (Å²) in [6.45, 7) is 3.80. The molecule has 0 fully saturated rings. The number of thiophene rings is 1. The van der Waals surface area contributed by atoms with E-state index in [1.807, 2.05) is 32.0 Å². The molecule has 1 aromatic carbocycles. The van der Waals surface area contributed by atoms with Gasteiger partial charge in [-0.1, -0.05) is 12.1 Å². The molecule has 0 bridgehead atoms. The van der Waals surface area contributed by atoms with E-state index in [2.05, 4.69) is 0 Å². The van der Waals surface area contributed by atoms with Gasteiger partial charge in [0, 0.05) is 4.90 Å². The molecule has 0 aliphatic rings. The standard InChI is InChI=1S/C12H13NO3S3/c1-8-3-4-9(2)10(7-8)18(14)11-5-6-12(17-11)19(13,15)16/h3-7H,1-2H3,(H2,13,15,16)/t18-/m1/s1. The summed E-state index contributed by atoms with van der Waals surface area (Å²) < 4.78 is 35.4. The molecule has 19 heavy (non-hydrogen) atoms. The van der Waals surface area contributed by atoms with E-state index in [1.165, 1.54) is 6.07 Å². The third-order valence-electron chi connectivity index (χ3n) is 2.56.